The molecule has 1 saturated heterocycles. The monoisotopic (exact) mass is 460 g/mol. The summed E-state index contributed by atoms with van der Waals surface area (Å²) < 4.78 is 5.91. The fourth-order valence-corrected chi connectivity index (χ4v) is 2.90. The van der Waals surface area contributed by atoms with Crippen molar-refractivity contribution in [3.05, 3.63) is 35.9 Å². The Morgan fingerprint density at radius 1 is 1.32 bits per heavy atom. The van der Waals surface area contributed by atoms with Gasteiger partial charge >= 0.3 is 0 Å². The number of ether oxygens (including phenoxy) is 1. The molecule has 25 heavy (non-hydrogen) atoms. The zero-order chi connectivity index (χ0) is 17.4. The molecular formula is C19H33IN4O. The second kappa shape index (κ2) is 11.7. The molecule has 1 aliphatic rings. The van der Waals surface area contributed by atoms with Crippen molar-refractivity contribution in [2.75, 3.05) is 46.9 Å². The Balaban J connectivity index is 0.00000312. The lowest BCUT2D eigenvalue weighted by Gasteiger charge is -2.34. The van der Waals surface area contributed by atoms with E-state index in [4.69, 9.17) is 9.73 Å². The van der Waals surface area contributed by atoms with Gasteiger partial charge in [-0.05, 0) is 11.5 Å². The van der Waals surface area contributed by atoms with Crippen molar-refractivity contribution in [3.63, 3.8) is 0 Å². The highest BCUT2D eigenvalue weighted by atomic mass is 127. The van der Waals surface area contributed by atoms with Crippen molar-refractivity contribution in [1.29, 1.82) is 0 Å². The van der Waals surface area contributed by atoms with Gasteiger partial charge in [-0.1, -0.05) is 44.2 Å². The molecule has 0 amide bonds. The summed E-state index contributed by atoms with van der Waals surface area (Å²) in [6.45, 7) is 10.0. The first-order valence-electron chi connectivity index (χ1n) is 8.88. The highest BCUT2D eigenvalue weighted by Crippen LogP contribution is 2.07. The third-order valence-corrected chi connectivity index (χ3v) is 4.01. The van der Waals surface area contributed by atoms with Crippen molar-refractivity contribution >= 4 is 29.9 Å². The number of halogens is 1. The topological polar surface area (TPSA) is 40.1 Å². The number of guanidine groups is 1. The number of aliphatic imine (C=N–C) groups is 1. The lowest BCUT2D eigenvalue weighted by atomic mass is 10.2. The van der Waals surface area contributed by atoms with Crippen LogP contribution in [0.3, 0.4) is 0 Å². The number of rotatable bonds is 6. The van der Waals surface area contributed by atoms with E-state index in [9.17, 15) is 0 Å². The zero-order valence-electron chi connectivity index (χ0n) is 15.9. The Morgan fingerprint density at radius 2 is 2.04 bits per heavy atom. The van der Waals surface area contributed by atoms with Gasteiger partial charge in [0.1, 0.15) is 0 Å². The summed E-state index contributed by atoms with van der Waals surface area (Å²) >= 11 is 0. The third kappa shape index (κ3) is 8.37. The van der Waals surface area contributed by atoms with Gasteiger partial charge in [0.15, 0.2) is 5.96 Å². The minimum absolute atomic E-state index is 0. The minimum atomic E-state index is 0. The first-order valence-corrected chi connectivity index (χ1v) is 8.88. The minimum Gasteiger partial charge on any atom is -0.374 e. The molecule has 0 aromatic heterocycles. The van der Waals surface area contributed by atoms with Gasteiger partial charge in [0.05, 0.1) is 19.3 Å². The number of nitrogens with one attached hydrogen (secondary N) is 1. The van der Waals surface area contributed by atoms with Crippen LogP contribution in [0.15, 0.2) is 35.3 Å². The quantitative estimate of drug-likeness (QED) is 0.403. The lowest BCUT2D eigenvalue weighted by molar-refractivity contribution is -0.0285. The van der Waals surface area contributed by atoms with E-state index in [-0.39, 0.29) is 30.1 Å². The summed E-state index contributed by atoms with van der Waals surface area (Å²) in [7, 11) is 4.03. The van der Waals surface area contributed by atoms with Gasteiger partial charge in [-0.25, -0.2) is 4.99 Å². The molecule has 0 saturated carbocycles. The molecule has 1 unspecified atom stereocenters. The molecular weight excluding hydrogens is 427 g/mol. The summed E-state index contributed by atoms with van der Waals surface area (Å²) in [6, 6.07) is 10.3. The molecule has 1 aromatic carbocycles. The van der Waals surface area contributed by atoms with Crippen LogP contribution in [0.2, 0.25) is 0 Å². The summed E-state index contributed by atoms with van der Waals surface area (Å²) in [5.74, 6) is 1.60. The zero-order valence-corrected chi connectivity index (χ0v) is 18.3. The van der Waals surface area contributed by atoms with E-state index in [1.807, 2.05) is 37.2 Å². The van der Waals surface area contributed by atoms with Crippen molar-refractivity contribution in [2.24, 2.45) is 10.9 Å². The molecule has 1 aromatic rings. The van der Waals surface area contributed by atoms with Crippen LogP contribution >= 0.6 is 24.0 Å². The van der Waals surface area contributed by atoms with Crippen molar-refractivity contribution < 1.29 is 4.74 Å². The maximum absolute atomic E-state index is 5.91. The van der Waals surface area contributed by atoms with E-state index in [2.05, 4.69) is 36.2 Å². The van der Waals surface area contributed by atoms with Crippen LogP contribution in [0, 0.1) is 5.92 Å². The van der Waals surface area contributed by atoms with Crippen LogP contribution in [0.4, 0.5) is 0 Å². The summed E-state index contributed by atoms with van der Waals surface area (Å²) in [4.78, 5) is 9.23. The number of morpholine rings is 1. The summed E-state index contributed by atoms with van der Waals surface area (Å²) in [6.07, 6.45) is 0.222. The van der Waals surface area contributed by atoms with Crippen LogP contribution < -0.4 is 5.32 Å². The van der Waals surface area contributed by atoms with Gasteiger partial charge in [-0.2, -0.15) is 0 Å². The first kappa shape index (κ1) is 22.2. The fraction of sp³-hybridized carbons (Fsp3) is 0.632. The van der Waals surface area contributed by atoms with E-state index in [1.54, 1.807) is 0 Å². The third-order valence-electron chi connectivity index (χ3n) is 4.01. The average molecular weight is 460 g/mol. The maximum Gasteiger partial charge on any atom is 0.193 e. The molecule has 2 rings (SSSR count). The second-order valence-corrected chi connectivity index (χ2v) is 7.05. The van der Waals surface area contributed by atoms with Gasteiger partial charge < -0.3 is 15.0 Å². The fourth-order valence-electron chi connectivity index (χ4n) is 2.90. The highest BCUT2D eigenvalue weighted by Gasteiger charge is 2.21. The van der Waals surface area contributed by atoms with Gasteiger partial charge in [0.25, 0.3) is 0 Å². The van der Waals surface area contributed by atoms with Crippen LogP contribution in [0.5, 0.6) is 0 Å². The Labute approximate surface area is 169 Å². The maximum atomic E-state index is 5.91. The number of hydrogen-bond acceptors (Lipinski definition) is 3. The Bertz CT molecular complexity index is 507. The highest BCUT2D eigenvalue weighted by molar-refractivity contribution is 14.0. The van der Waals surface area contributed by atoms with Crippen molar-refractivity contribution in [2.45, 2.75) is 26.5 Å². The van der Waals surface area contributed by atoms with E-state index >= 15 is 0 Å². The van der Waals surface area contributed by atoms with Crippen LogP contribution in [-0.4, -0.2) is 68.7 Å². The van der Waals surface area contributed by atoms with Crippen molar-refractivity contribution in [3.8, 4) is 0 Å². The lowest BCUT2D eigenvalue weighted by Crippen LogP contribution is -2.49. The van der Waals surface area contributed by atoms with Gasteiger partial charge in [-0.3, -0.25) is 4.90 Å². The van der Waals surface area contributed by atoms with Gasteiger partial charge in [0.2, 0.25) is 0 Å². The molecule has 1 aliphatic heterocycles. The first-order chi connectivity index (χ1) is 11.5. The Morgan fingerprint density at radius 3 is 2.68 bits per heavy atom. The summed E-state index contributed by atoms with van der Waals surface area (Å²) in [5.41, 5.74) is 1.22. The predicted octanol–water partition coefficient (Wildman–Crippen LogP) is 2.67. The van der Waals surface area contributed by atoms with E-state index < -0.39 is 0 Å². The molecule has 1 atom stereocenters. The average Bonchev–Trinajstić information content (AvgIpc) is 2.55. The smallest absolute Gasteiger partial charge is 0.193 e. The standard InChI is InChI=1S/C19H32N4O.HI/c1-16(2)14-23-10-11-24-18(15-23)13-21-19(22(3)4)20-12-17-8-6-5-7-9-17;/h5-9,16,18H,10-15H2,1-4H3,(H,20,21);1H. The van der Waals surface area contributed by atoms with Crippen LogP contribution in [0.1, 0.15) is 19.4 Å². The summed E-state index contributed by atoms with van der Waals surface area (Å²) in [5, 5.41) is 3.46. The van der Waals surface area contributed by atoms with E-state index in [1.165, 1.54) is 5.56 Å². The molecule has 0 bridgehead atoms. The molecule has 0 aliphatic carbocycles. The SMILES string of the molecule is CC(C)CN1CCOC(CNC(=NCc2ccccc2)N(C)C)C1.I. The molecule has 1 heterocycles. The van der Waals surface area contributed by atoms with Gasteiger partial charge in [0, 0.05) is 40.3 Å². The second-order valence-electron chi connectivity index (χ2n) is 7.05. The van der Waals surface area contributed by atoms with Gasteiger partial charge in [-0.15, -0.1) is 24.0 Å². The molecule has 1 fully saturated rings. The number of nitrogens with zero attached hydrogens (tertiary/aromatic N) is 3. The predicted molar refractivity (Wildman–Crippen MR) is 116 cm³/mol. The van der Waals surface area contributed by atoms with Crippen LogP contribution in [-0.2, 0) is 11.3 Å². The van der Waals surface area contributed by atoms with E-state index in [0.29, 0.717) is 12.5 Å². The normalized spacial score (nSPS) is 18.8. The Kier molecular flexibility index (Phi) is 10.4. The number of hydrogen-bond donors (Lipinski definition) is 1. The Hall–Kier alpha value is -0.860. The molecule has 0 radical (unpaired) electrons. The molecule has 0 spiro atoms. The number of benzene rings is 1. The van der Waals surface area contributed by atoms with Crippen LogP contribution in [0.25, 0.3) is 0 Å². The van der Waals surface area contributed by atoms with Crippen molar-refractivity contribution in [1.82, 2.24) is 15.1 Å². The molecule has 142 valence electrons. The molecule has 6 heteroatoms. The molecule has 1 N–H and O–H groups in total. The molecule has 5 nitrogen and oxygen atoms in total. The largest absolute Gasteiger partial charge is 0.374 e. The van der Waals surface area contributed by atoms with E-state index in [0.717, 1.165) is 38.7 Å².